The molecule has 1 aliphatic carbocycles. The first-order chi connectivity index (χ1) is 19.2. The van der Waals surface area contributed by atoms with E-state index in [0.29, 0.717) is 65.9 Å². The van der Waals surface area contributed by atoms with E-state index in [1.54, 1.807) is 20.2 Å². The first-order valence-electron chi connectivity index (χ1n) is 13.4. The zero-order valence-corrected chi connectivity index (χ0v) is 22.8. The van der Waals surface area contributed by atoms with Crippen LogP contribution in [-0.2, 0) is 6.42 Å². The molecule has 3 aromatic heterocycles. The molecule has 4 aromatic rings. The van der Waals surface area contributed by atoms with E-state index in [1.165, 1.54) is 6.07 Å². The first kappa shape index (κ1) is 25.8. The van der Waals surface area contributed by atoms with E-state index >= 15 is 4.39 Å². The number of nitrogen functional groups attached to an aromatic ring is 2. The van der Waals surface area contributed by atoms with Crippen molar-refractivity contribution in [3.8, 4) is 11.5 Å². The SMILES string of the molecule is COc1cc(Cc2cnc(N)nc2N)cc(C)c1OC1CCN(c2nc3c(cc2F)c(=O)c(C)cn3C2CC2)C1. The van der Waals surface area contributed by atoms with Gasteiger partial charge in [0.1, 0.15) is 17.6 Å². The number of pyridine rings is 2. The van der Waals surface area contributed by atoms with Gasteiger partial charge in [-0.2, -0.15) is 4.98 Å². The minimum absolute atomic E-state index is 0.135. The van der Waals surface area contributed by atoms with Crippen molar-refractivity contribution >= 4 is 28.6 Å². The van der Waals surface area contributed by atoms with Crippen LogP contribution in [0.3, 0.4) is 0 Å². The maximum Gasteiger partial charge on any atom is 0.221 e. The molecule has 1 saturated heterocycles. The zero-order chi connectivity index (χ0) is 28.1. The van der Waals surface area contributed by atoms with Crippen molar-refractivity contribution in [1.82, 2.24) is 19.5 Å². The van der Waals surface area contributed by atoms with Crippen LogP contribution in [-0.4, -0.2) is 45.8 Å². The molecule has 2 aliphatic rings. The van der Waals surface area contributed by atoms with Crippen LogP contribution in [0, 0.1) is 19.7 Å². The summed E-state index contributed by atoms with van der Waals surface area (Å²) in [5.74, 6) is 1.47. The van der Waals surface area contributed by atoms with Gasteiger partial charge in [-0.05, 0) is 49.9 Å². The van der Waals surface area contributed by atoms with Gasteiger partial charge in [-0.1, -0.05) is 6.07 Å². The lowest BCUT2D eigenvalue weighted by Gasteiger charge is -2.22. The summed E-state index contributed by atoms with van der Waals surface area (Å²) in [4.78, 5) is 27.4. The fraction of sp³-hybridized carbons (Fsp3) is 0.379. The lowest BCUT2D eigenvalue weighted by molar-refractivity contribution is 0.212. The van der Waals surface area contributed by atoms with E-state index in [1.807, 2.05) is 34.7 Å². The van der Waals surface area contributed by atoms with E-state index < -0.39 is 5.82 Å². The normalized spacial score (nSPS) is 17.0. The van der Waals surface area contributed by atoms with Crippen LogP contribution in [0.25, 0.3) is 11.0 Å². The molecule has 10 nitrogen and oxygen atoms in total. The standard InChI is InChI=1S/C29H32FN7O3/c1-15-8-17(9-18-12-33-29(32)34-26(18)31)10-23(39-3)25(15)40-20-6-7-36(14-20)28-22(30)11-21-24(38)16(2)13-37(19-4-5-19)27(21)35-28/h8,10-13,19-20H,4-7,9,14H2,1-3H3,(H4,31,32,33,34). The number of hydrogen-bond acceptors (Lipinski definition) is 9. The molecule has 4 N–H and O–H groups in total. The third-order valence-electron chi connectivity index (χ3n) is 7.62. The Balaban J connectivity index is 1.23. The number of anilines is 3. The van der Waals surface area contributed by atoms with Crippen molar-refractivity contribution in [3.63, 3.8) is 0 Å². The molecule has 1 aliphatic heterocycles. The van der Waals surface area contributed by atoms with Crippen LogP contribution >= 0.6 is 0 Å². The number of methoxy groups -OCH3 is 1. The quantitative estimate of drug-likeness (QED) is 0.356. The van der Waals surface area contributed by atoms with Gasteiger partial charge in [0.15, 0.2) is 28.6 Å². The predicted octanol–water partition coefficient (Wildman–Crippen LogP) is 3.70. The van der Waals surface area contributed by atoms with Gasteiger partial charge in [0.25, 0.3) is 0 Å². The Bertz CT molecular complexity index is 1690. The number of benzene rings is 1. The Labute approximate surface area is 230 Å². The van der Waals surface area contributed by atoms with Crippen LogP contribution in [0.1, 0.15) is 47.6 Å². The Hall–Kier alpha value is -4.41. The van der Waals surface area contributed by atoms with Gasteiger partial charge < -0.3 is 30.4 Å². The molecule has 2 fully saturated rings. The molecule has 11 heteroatoms. The van der Waals surface area contributed by atoms with E-state index in [-0.39, 0.29) is 23.3 Å². The molecule has 0 radical (unpaired) electrons. The molecule has 0 bridgehead atoms. The summed E-state index contributed by atoms with van der Waals surface area (Å²) >= 11 is 0. The van der Waals surface area contributed by atoms with E-state index in [4.69, 9.17) is 20.9 Å². The number of fused-ring (bicyclic) bond motifs is 1. The second-order valence-electron chi connectivity index (χ2n) is 10.7. The van der Waals surface area contributed by atoms with Crippen molar-refractivity contribution in [2.24, 2.45) is 0 Å². The molecule has 0 spiro atoms. The summed E-state index contributed by atoms with van der Waals surface area (Å²) < 4.78 is 29.4. The molecule has 4 heterocycles. The molecule has 0 amide bonds. The summed E-state index contributed by atoms with van der Waals surface area (Å²) in [6, 6.07) is 5.58. The largest absolute Gasteiger partial charge is 0.493 e. The molecule has 6 rings (SSSR count). The number of rotatable bonds is 7. The molecule has 1 aromatic carbocycles. The van der Waals surface area contributed by atoms with Crippen molar-refractivity contribution in [2.45, 2.75) is 51.7 Å². The lowest BCUT2D eigenvalue weighted by Crippen LogP contribution is -2.27. The molecule has 208 valence electrons. The van der Waals surface area contributed by atoms with Crippen LogP contribution in [0.2, 0.25) is 0 Å². The molecule has 1 unspecified atom stereocenters. The average molecular weight is 546 g/mol. The van der Waals surface area contributed by atoms with E-state index in [0.717, 1.165) is 29.5 Å². The van der Waals surface area contributed by atoms with E-state index in [9.17, 15) is 4.79 Å². The maximum atomic E-state index is 15.3. The third-order valence-corrected chi connectivity index (χ3v) is 7.62. The summed E-state index contributed by atoms with van der Waals surface area (Å²) in [5.41, 5.74) is 15.2. The Kier molecular flexibility index (Phi) is 6.44. The Morgan fingerprint density at radius 2 is 1.90 bits per heavy atom. The zero-order valence-electron chi connectivity index (χ0n) is 22.8. The number of halogens is 1. The van der Waals surface area contributed by atoms with Crippen LogP contribution < -0.4 is 31.3 Å². The molecule has 1 saturated carbocycles. The second-order valence-corrected chi connectivity index (χ2v) is 10.7. The smallest absolute Gasteiger partial charge is 0.221 e. The van der Waals surface area contributed by atoms with Crippen molar-refractivity contribution in [2.75, 3.05) is 36.6 Å². The fourth-order valence-electron chi connectivity index (χ4n) is 5.42. The second kappa shape index (κ2) is 9.96. The first-order valence-corrected chi connectivity index (χ1v) is 13.4. The highest BCUT2D eigenvalue weighted by molar-refractivity contribution is 5.78. The average Bonchev–Trinajstić information content (AvgIpc) is 3.67. The van der Waals surface area contributed by atoms with Gasteiger partial charge in [0.05, 0.1) is 19.0 Å². The lowest BCUT2D eigenvalue weighted by atomic mass is 10.0. The van der Waals surface area contributed by atoms with Gasteiger partial charge in [-0.3, -0.25) is 4.79 Å². The minimum atomic E-state index is -0.498. The van der Waals surface area contributed by atoms with Gasteiger partial charge in [-0.15, -0.1) is 0 Å². The topological polar surface area (TPSA) is 134 Å². The summed E-state index contributed by atoms with van der Waals surface area (Å²) in [7, 11) is 1.60. The van der Waals surface area contributed by atoms with Crippen LogP contribution in [0.5, 0.6) is 11.5 Å². The third kappa shape index (κ3) is 4.76. The monoisotopic (exact) mass is 545 g/mol. The number of nitrogens with two attached hydrogens (primary N) is 2. The van der Waals surface area contributed by atoms with Gasteiger partial charge in [0.2, 0.25) is 5.95 Å². The van der Waals surface area contributed by atoms with Gasteiger partial charge in [0, 0.05) is 48.9 Å². The predicted molar refractivity (Wildman–Crippen MR) is 152 cm³/mol. The number of ether oxygens (including phenoxy) is 2. The number of hydrogen-bond donors (Lipinski definition) is 2. The molecule has 1 atom stereocenters. The number of nitrogens with zero attached hydrogens (tertiary/aromatic N) is 5. The highest BCUT2D eigenvalue weighted by atomic mass is 19.1. The number of aromatic nitrogens is 4. The highest BCUT2D eigenvalue weighted by Crippen LogP contribution is 2.38. The summed E-state index contributed by atoms with van der Waals surface area (Å²) in [5, 5.41) is 0.327. The molecule has 40 heavy (non-hydrogen) atoms. The van der Waals surface area contributed by atoms with E-state index in [2.05, 4.69) is 15.0 Å². The summed E-state index contributed by atoms with van der Waals surface area (Å²) in [6.45, 7) is 4.76. The highest BCUT2D eigenvalue weighted by Gasteiger charge is 2.31. The Morgan fingerprint density at radius 1 is 1.10 bits per heavy atom. The minimum Gasteiger partial charge on any atom is -0.493 e. The number of aryl methyl sites for hydroxylation is 2. The van der Waals surface area contributed by atoms with Gasteiger partial charge in [-0.25, -0.2) is 14.4 Å². The van der Waals surface area contributed by atoms with Crippen molar-refractivity contribution in [3.05, 3.63) is 68.9 Å². The van der Waals surface area contributed by atoms with Crippen LogP contribution in [0.15, 0.2) is 35.4 Å². The van der Waals surface area contributed by atoms with Crippen LogP contribution in [0.4, 0.5) is 22.0 Å². The van der Waals surface area contributed by atoms with Gasteiger partial charge >= 0.3 is 0 Å². The Morgan fingerprint density at radius 3 is 2.62 bits per heavy atom. The molecular formula is C29H32FN7O3. The fourth-order valence-corrected chi connectivity index (χ4v) is 5.42. The summed E-state index contributed by atoms with van der Waals surface area (Å²) in [6.07, 6.45) is 6.55. The molecular weight excluding hydrogens is 513 g/mol. The van der Waals surface area contributed by atoms with Crippen molar-refractivity contribution in [1.29, 1.82) is 0 Å². The van der Waals surface area contributed by atoms with Crippen molar-refractivity contribution < 1.29 is 13.9 Å². The maximum absolute atomic E-state index is 15.3.